The van der Waals surface area contributed by atoms with Crippen LogP contribution in [-0.4, -0.2) is 11.5 Å². The average molecular weight is 122 g/mol. The Morgan fingerprint density at radius 2 is 2.44 bits per heavy atom. The average Bonchev–Trinajstić information content (AvgIpc) is 1.89. The van der Waals surface area contributed by atoms with Crippen molar-refractivity contribution in [2.75, 3.05) is 0 Å². The van der Waals surface area contributed by atoms with E-state index in [4.69, 9.17) is 10.9 Å². The van der Waals surface area contributed by atoms with Gasteiger partial charge >= 0.3 is 0 Å². The molecular weight excluding hydrogens is 116 g/mol. The van der Waals surface area contributed by atoms with Crippen molar-refractivity contribution >= 4 is 11.5 Å². The summed E-state index contributed by atoms with van der Waals surface area (Å²) < 4.78 is 0. The van der Waals surface area contributed by atoms with Crippen LogP contribution in [0.25, 0.3) is 0 Å². The zero-order valence-corrected chi connectivity index (χ0v) is 4.76. The maximum absolute atomic E-state index is 7.15. The largest absolute Gasteiger partial charge is 0.301 e. The molecule has 0 atom stereocenters. The molecule has 1 aliphatic heterocycles. The van der Waals surface area contributed by atoms with Gasteiger partial charge in [0, 0.05) is 12.6 Å². The van der Waals surface area contributed by atoms with E-state index in [-0.39, 0.29) is 5.84 Å². The SMILES string of the molecule is N=NC1=NC=CCC1=N. The molecule has 4 heteroatoms. The number of aliphatic imine (C=N–C) groups is 1. The normalized spacial score (nSPS) is 17.3. The zero-order valence-electron chi connectivity index (χ0n) is 4.76. The molecule has 0 saturated carbocycles. The molecule has 0 radical (unpaired) electrons. The monoisotopic (exact) mass is 122 g/mol. The molecule has 0 bridgehead atoms. The van der Waals surface area contributed by atoms with Crippen molar-refractivity contribution in [1.29, 1.82) is 10.9 Å². The molecule has 2 N–H and O–H groups in total. The maximum atomic E-state index is 7.15. The van der Waals surface area contributed by atoms with Gasteiger partial charge in [-0.15, -0.1) is 5.11 Å². The van der Waals surface area contributed by atoms with Gasteiger partial charge in [0.15, 0.2) is 5.84 Å². The Hall–Kier alpha value is -1.32. The van der Waals surface area contributed by atoms with Crippen LogP contribution in [0.4, 0.5) is 0 Å². The second-order valence-corrected chi connectivity index (χ2v) is 1.63. The lowest BCUT2D eigenvalue weighted by atomic mass is 10.2. The molecule has 0 saturated heterocycles. The molecule has 1 heterocycles. The van der Waals surface area contributed by atoms with Crippen LogP contribution in [-0.2, 0) is 0 Å². The van der Waals surface area contributed by atoms with E-state index >= 15 is 0 Å². The number of hydrogen-bond acceptors (Lipinski definition) is 4. The first-order valence-electron chi connectivity index (χ1n) is 2.52. The standard InChI is InChI=1S/C5H6N4/c6-4-2-1-3-8-5(4)9-7/h1,3,6-7H,2H2. The predicted molar refractivity (Wildman–Crippen MR) is 34.1 cm³/mol. The molecule has 0 aromatic carbocycles. The number of rotatable bonds is 0. The summed E-state index contributed by atoms with van der Waals surface area (Å²) in [7, 11) is 0. The number of nitrogens with one attached hydrogen (secondary N) is 2. The van der Waals surface area contributed by atoms with Gasteiger partial charge in [0.25, 0.3) is 0 Å². The molecule has 1 aliphatic rings. The lowest BCUT2D eigenvalue weighted by molar-refractivity contribution is 1.17. The quantitative estimate of drug-likeness (QED) is 0.455. The van der Waals surface area contributed by atoms with Crippen molar-refractivity contribution in [3.8, 4) is 0 Å². The smallest absolute Gasteiger partial charge is 0.194 e. The van der Waals surface area contributed by atoms with Gasteiger partial charge in [0.1, 0.15) is 0 Å². The first kappa shape index (κ1) is 5.81. The van der Waals surface area contributed by atoms with Crippen LogP contribution >= 0.6 is 0 Å². The van der Waals surface area contributed by atoms with Crippen LogP contribution in [0.5, 0.6) is 0 Å². The Morgan fingerprint density at radius 3 is 2.89 bits per heavy atom. The summed E-state index contributed by atoms with van der Waals surface area (Å²) in [6, 6.07) is 0. The molecule has 0 spiro atoms. The van der Waals surface area contributed by atoms with Crippen LogP contribution in [0, 0.1) is 10.9 Å². The Labute approximate surface area is 52.3 Å². The Balaban J connectivity index is 2.86. The van der Waals surface area contributed by atoms with Crippen LogP contribution in [0.15, 0.2) is 22.4 Å². The van der Waals surface area contributed by atoms with Gasteiger partial charge < -0.3 is 5.41 Å². The summed E-state index contributed by atoms with van der Waals surface area (Å²) in [5, 5.41) is 10.2. The summed E-state index contributed by atoms with van der Waals surface area (Å²) >= 11 is 0. The first-order chi connectivity index (χ1) is 4.34. The van der Waals surface area contributed by atoms with E-state index in [2.05, 4.69) is 10.1 Å². The van der Waals surface area contributed by atoms with Crippen molar-refractivity contribution in [3.63, 3.8) is 0 Å². The van der Waals surface area contributed by atoms with Gasteiger partial charge in [-0.05, 0) is 0 Å². The molecule has 0 unspecified atom stereocenters. The molecule has 46 valence electrons. The molecule has 0 aromatic heterocycles. The fraction of sp³-hybridized carbons (Fsp3) is 0.200. The number of nitrogens with zero attached hydrogens (tertiary/aromatic N) is 2. The van der Waals surface area contributed by atoms with Gasteiger partial charge in [0.2, 0.25) is 0 Å². The van der Waals surface area contributed by atoms with Crippen molar-refractivity contribution in [3.05, 3.63) is 12.3 Å². The van der Waals surface area contributed by atoms with Crippen molar-refractivity contribution in [2.24, 2.45) is 10.1 Å². The van der Waals surface area contributed by atoms with Crippen molar-refractivity contribution in [1.82, 2.24) is 0 Å². The van der Waals surface area contributed by atoms with Crippen LogP contribution in [0.1, 0.15) is 6.42 Å². The molecule has 0 aromatic rings. The number of allylic oxidation sites excluding steroid dienone is 1. The molecule has 0 fully saturated rings. The Morgan fingerprint density at radius 1 is 1.67 bits per heavy atom. The molecule has 4 nitrogen and oxygen atoms in total. The molecule has 0 aliphatic carbocycles. The lowest BCUT2D eigenvalue weighted by Gasteiger charge is -1.99. The minimum atomic E-state index is 0.220. The van der Waals surface area contributed by atoms with Gasteiger partial charge in [-0.3, -0.25) is 0 Å². The fourth-order valence-corrected chi connectivity index (χ4v) is 0.559. The molecular formula is C5H6N4. The predicted octanol–water partition coefficient (Wildman–Crippen LogP) is 1.35. The number of amidine groups is 1. The summed E-state index contributed by atoms with van der Waals surface area (Å²) in [6.45, 7) is 0. The minimum Gasteiger partial charge on any atom is -0.301 e. The Kier molecular flexibility index (Phi) is 1.48. The van der Waals surface area contributed by atoms with Crippen LogP contribution in [0.2, 0.25) is 0 Å². The van der Waals surface area contributed by atoms with Gasteiger partial charge in [-0.2, -0.15) is 0 Å². The first-order valence-corrected chi connectivity index (χ1v) is 2.52. The van der Waals surface area contributed by atoms with E-state index < -0.39 is 0 Å². The van der Waals surface area contributed by atoms with E-state index in [9.17, 15) is 0 Å². The zero-order chi connectivity index (χ0) is 6.69. The van der Waals surface area contributed by atoms with Crippen molar-refractivity contribution < 1.29 is 0 Å². The second-order valence-electron chi connectivity index (χ2n) is 1.63. The van der Waals surface area contributed by atoms with E-state index in [0.29, 0.717) is 12.1 Å². The minimum absolute atomic E-state index is 0.220. The third-order valence-corrected chi connectivity index (χ3v) is 1.00. The topological polar surface area (TPSA) is 72.4 Å². The van der Waals surface area contributed by atoms with E-state index in [1.54, 1.807) is 12.3 Å². The van der Waals surface area contributed by atoms with Gasteiger partial charge in [-0.1, -0.05) is 6.08 Å². The van der Waals surface area contributed by atoms with E-state index in [0.717, 1.165) is 0 Å². The van der Waals surface area contributed by atoms with Crippen molar-refractivity contribution in [2.45, 2.75) is 6.42 Å². The highest BCUT2D eigenvalue weighted by Crippen LogP contribution is 1.99. The molecule has 0 amide bonds. The number of hydrogen-bond donors (Lipinski definition) is 2. The maximum Gasteiger partial charge on any atom is 0.194 e. The third-order valence-electron chi connectivity index (χ3n) is 1.00. The molecule has 9 heavy (non-hydrogen) atoms. The second kappa shape index (κ2) is 2.30. The van der Waals surface area contributed by atoms with Crippen LogP contribution in [0.3, 0.4) is 0 Å². The highest BCUT2D eigenvalue weighted by Gasteiger charge is 2.05. The van der Waals surface area contributed by atoms with E-state index in [1.807, 2.05) is 0 Å². The lowest BCUT2D eigenvalue weighted by Crippen LogP contribution is -2.10. The Bertz CT molecular complexity index is 201. The fourth-order valence-electron chi connectivity index (χ4n) is 0.559. The summed E-state index contributed by atoms with van der Waals surface area (Å²) in [5.74, 6) is 0.220. The van der Waals surface area contributed by atoms with Gasteiger partial charge in [-0.25, -0.2) is 10.5 Å². The highest BCUT2D eigenvalue weighted by molar-refractivity contribution is 6.41. The van der Waals surface area contributed by atoms with E-state index in [1.165, 1.54) is 0 Å². The molecule has 1 rings (SSSR count). The highest BCUT2D eigenvalue weighted by atomic mass is 15.0. The summed E-state index contributed by atoms with van der Waals surface area (Å²) in [5.41, 5.74) is 6.86. The van der Waals surface area contributed by atoms with Gasteiger partial charge in [0.05, 0.1) is 5.71 Å². The third kappa shape index (κ3) is 1.07. The summed E-state index contributed by atoms with van der Waals surface area (Å²) in [4.78, 5) is 3.69. The van der Waals surface area contributed by atoms with Crippen LogP contribution < -0.4 is 0 Å². The summed E-state index contributed by atoms with van der Waals surface area (Å²) in [6.07, 6.45) is 3.86.